The lowest BCUT2D eigenvalue weighted by Crippen LogP contribution is -2.73. The van der Waals surface area contributed by atoms with E-state index in [0.29, 0.717) is 25.3 Å². The van der Waals surface area contributed by atoms with Gasteiger partial charge in [-0.25, -0.2) is 0 Å². The monoisotopic (exact) mass is 445 g/mol. The van der Waals surface area contributed by atoms with Crippen LogP contribution >= 0.6 is 11.6 Å². The highest BCUT2D eigenvalue weighted by atomic mass is 35.5. The number of rotatable bonds is 6. The fourth-order valence-electron chi connectivity index (χ4n) is 5.77. The van der Waals surface area contributed by atoms with Crippen LogP contribution in [0.1, 0.15) is 70.3 Å². The average molecular weight is 446 g/mol. The Labute approximate surface area is 191 Å². The number of nitrogens with one attached hydrogen (secondary N) is 1. The minimum absolute atomic E-state index is 0.0764. The maximum absolute atomic E-state index is 13.5. The lowest BCUT2D eigenvalue weighted by Gasteiger charge is -2.52. The Kier molecular flexibility index (Phi) is 7.22. The van der Waals surface area contributed by atoms with Crippen molar-refractivity contribution < 1.29 is 9.59 Å². The zero-order chi connectivity index (χ0) is 21.8. The minimum atomic E-state index is -0.674. The first-order valence-electron chi connectivity index (χ1n) is 12.1. The van der Waals surface area contributed by atoms with Crippen LogP contribution in [0.3, 0.4) is 0 Å². The van der Waals surface area contributed by atoms with Crippen LogP contribution in [-0.4, -0.2) is 52.8 Å². The molecule has 2 heterocycles. The van der Waals surface area contributed by atoms with E-state index in [4.69, 9.17) is 11.6 Å². The normalized spacial score (nSPS) is 25.1. The van der Waals surface area contributed by atoms with Gasteiger partial charge in [-0.3, -0.25) is 14.5 Å². The Hall–Kier alpha value is -1.59. The summed E-state index contributed by atoms with van der Waals surface area (Å²) in [4.78, 5) is 31.3. The second-order valence-electron chi connectivity index (χ2n) is 9.69. The third-order valence-electron chi connectivity index (χ3n) is 7.55. The van der Waals surface area contributed by atoms with E-state index in [1.54, 1.807) is 0 Å². The van der Waals surface area contributed by atoms with Gasteiger partial charge < -0.3 is 10.2 Å². The predicted octanol–water partition coefficient (Wildman–Crippen LogP) is 4.38. The lowest BCUT2D eigenvalue weighted by molar-refractivity contribution is -0.162. The molecule has 3 fully saturated rings. The topological polar surface area (TPSA) is 52.7 Å². The van der Waals surface area contributed by atoms with Gasteiger partial charge in [-0.1, -0.05) is 62.8 Å². The molecule has 0 radical (unpaired) electrons. The van der Waals surface area contributed by atoms with Crippen LogP contribution < -0.4 is 5.32 Å². The second kappa shape index (κ2) is 9.91. The quantitative estimate of drug-likeness (QED) is 0.706. The number of amides is 2. The highest BCUT2D eigenvalue weighted by Gasteiger charge is 2.53. The molecule has 1 N–H and O–H groups in total. The number of halogens is 1. The molecule has 1 saturated carbocycles. The minimum Gasteiger partial charge on any atom is -0.342 e. The number of benzene rings is 1. The van der Waals surface area contributed by atoms with Crippen LogP contribution in [0.2, 0.25) is 5.02 Å². The van der Waals surface area contributed by atoms with Crippen molar-refractivity contribution in [3.63, 3.8) is 0 Å². The summed E-state index contributed by atoms with van der Waals surface area (Å²) >= 11 is 6.00. The first-order valence-corrected chi connectivity index (χ1v) is 12.5. The average Bonchev–Trinajstić information content (AvgIpc) is 2.79. The van der Waals surface area contributed by atoms with Crippen molar-refractivity contribution in [1.82, 2.24) is 15.1 Å². The van der Waals surface area contributed by atoms with Crippen LogP contribution in [0.4, 0.5) is 0 Å². The van der Waals surface area contributed by atoms with Crippen molar-refractivity contribution >= 4 is 23.4 Å². The van der Waals surface area contributed by atoms with Crippen molar-refractivity contribution in [3.05, 3.63) is 34.9 Å². The number of likely N-dealkylation sites (tertiary alicyclic amines) is 1. The summed E-state index contributed by atoms with van der Waals surface area (Å²) in [5, 5.41) is 3.92. The van der Waals surface area contributed by atoms with Gasteiger partial charge in [0.15, 0.2) is 0 Å². The van der Waals surface area contributed by atoms with E-state index >= 15 is 0 Å². The molecule has 0 aromatic heterocycles. The lowest BCUT2D eigenvalue weighted by atomic mass is 9.79. The summed E-state index contributed by atoms with van der Waals surface area (Å²) in [6.45, 7) is 5.25. The van der Waals surface area contributed by atoms with E-state index in [1.165, 1.54) is 37.7 Å². The largest absolute Gasteiger partial charge is 0.342 e. The summed E-state index contributed by atoms with van der Waals surface area (Å²) < 4.78 is 0. The number of piperidine rings is 1. The molecular formula is C25H36ClN3O2. The van der Waals surface area contributed by atoms with Crippen LogP contribution in [0, 0.1) is 5.92 Å². The molecule has 2 amide bonds. The number of hydrogen-bond donors (Lipinski definition) is 1. The molecule has 2 saturated heterocycles. The fourth-order valence-corrected chi connectivity index (χ4v) is 5.89. The summed E-state index contributed by atoms with van der Waals surface area (Å²) in [6.07, 6.45) is 9.30. The van der Waals surface area contributed by atoms with Gasteiger partial charge >= 0.3 is 0 Å². The molecule has 0 unspecified atom stereocenters. The molecule has 0 bridgehead atoms. The van der Waals surface area contributed by atoms with Gasteiger partial charge in [0.1, 0.15) is 11.6 Å². The molecular weight excluding hydrogens is 410 g/mol. The van der Waals surface area contributed by atoms with Gasteiger partial charge in [0.05, 0.1) is 0 Å². The van der Waals surface area contributed by atoms with Crippen LogP contribution in [0.5, 0.6) is 0 Å². The molecule has 1 aromatic carbocycles. The molecule has 31 heavy (non-hydrogen) atoms. The van der Waals surface area contributed by atoms with Crippen molar-refractivity contribution in [2.75, 3.05) is 19.6 Å². The maximum Gasteiger partial charge on any atom is 0.246 e. The Morgan fingerprint density at radius 2 is 1.74 bits per heavy atom. The van der Waals surface area contributed by atoms with Crippen LogP contribution in [-0.2, 0) is 16.1 Å². The van der Waals surface area contributed by atoms with E-state index < -0.39 is 5.54 Å². The van der Waals surface area contributed by atoms with Crippen molar-refractivity contribution in [3.8, 4) is 0 Å². The van der Waals surface area contributed by atoms with Crippen molar-refractivity contribution in [2.45, 2.75) is 82.8 Å². The summed E-state index contributed by atoms with van der Waals surface area (Å²) in [7, 11) is 0. The van der Waals surface area contributed by atoms with Gasteiger partial charge in [0.2, 0.25) is 11.8 Å². The molecule has 170 valence electrons. The summed E-state index contributed by atoms with van der Waals surface area (Å²) in [5.41, 5.74) is 0.551. The smallest absolute Gasteiger partial charge is 0.246 e. The molecule has 2 aliphatic heterocycles. The molecule has 5 nitrogen and oxygen atoms in total. The molecule has 1 aliphatic carbocycles. The van der Waals surface area contributed by atoms with E-state index in [1.807, 2.05) is 17.0 Å². The first kappa shape index (κ1) is 22.6. The Morgan fingerprint density at radius 1 is 1.06 bits per heavy atom. The first-order chi connectivity index (χ1) is 15.0. The standard InChI is InChI=1S/C25H36ClN3O2/c1-2-14-29-23(30)22(17-19-6-4-3-5-7-19)27-24(31)25(29)12-15-28(16-13-25)18-20-8-10-21(26)11-9-20/h8-11,19,22H,2-7,12-18H2,1H3,(H,27,31)/t22-/m0/s1. The van der Waals surface area contributed by atoms with Gasteiger partial charge in [-0.05, 0) is 49.3 Å². The number of carbonyl (C=O) groups excluding carboxylic acids is 2. The molecule has 6 heteroatoms. The van der Waals surface area contributed by atoms with Gasteiger partial charge in [-0.15, -0.1) is 0 Å². The second-order valence-corrected chi connectivity index (χ2v) is 10.1. The van der Waals surface area contributed by atoms with Gasteiger partial charge in [0, 0.05) is 31.2 Å². The van der Waals surface area contributed by atoms with E-state index in [0.717, 1.165) is 37.5 Å². The predicted molar refractivity (Wildman–Crippen MR) is 124 cm³/mol. The van der Waals surface area contributed by atoms with Crippen LogP contribution in [0.15, 0.2) is 24.3 Å². The Bertz CT molecular complexity index is 767. The highest BCUT2D eigenvalue weighted by Crippen LogP contribution is 2.36. The Balaban J connectivity index is 1.42. The molecule has 1 spiro atoms. The molecule has 1 atom stereocenters. The summed E-state index contributed by atoms with van der Waals surface area (Å²) in [6, 6.07) is 7.63. The van der Waals surface area contributed by atoms with Gasteiger partial charge in [-0.2, -0.15) is 0 Å². The zero-order valence-electron chi connectivity index (χ0n) is 18.7. The van der Waals surface area contributed by atoms with E-state index in [2.05, 4.69) is 29.3 Å². The zero-order valence-corrected chi connectivity index (χ0v) is 19.5. The molecule has 1 aromatic rings. The summed E-state index contributed by atoms with van der Waals surface area (Å²) in [5.74, 6) is 0.799. The highest BCUT2D eigenvalue weighted by molar-refractivity contribution is 6.30. The fraction of sp³-hybridized carbons (Fsp3) is 0.680. The van der Waals surface area contributed by atoms with Crippen molar-refractivity contribution in [1.29, 1.82) is 0 Å². The van der Waals surface area contributed by atoms with Gasteiger partial charge in [0.25, 0.3) is 0 Å². The maximum atomic E-state index is 13.5. The number of nitrogens with zero attached hydrogens (tertiary/aromatic N) is 2. The third-order valence-corrected chi connectivity index (χ3v) is 7.80. The van der Waals surface area contributed by atoms with E-state index in [9.17, 15) is 9.59 Å². The number of hydrogen-bond acceptors (Lipinski definition) is 3. The van der Waals surface area contributed by atoms with Crippen LogP contribution in [0.25, 0.3) is 0 Å². The number of piperazine rings is 1. The molecule has 3 aliphatic rings. The van der Waals surface area contributed by atoms with Crippen molar-refractivity contribution in [2.24, 2.45) is 5.92 Å². The number of carbonyl (C=O) groups is 2. The Morgan fingerprint density at radius 3 is 2.39 bits per heavy atom. The van der Waals surface area contributed by atoms with E-state index in [-0.39, 0.29) is 17.9 Å². The third kappa shape index (κ3) is 4.93. The molecule has 4 rings (SSSR count). The SMILES string of the molecule is CCCN1C(=O)[C@H](CC2CCCCC2)NC(=O)C12CCN(Cc1ccc(Cl)cc1)CC2.